The van der Waals surface area contributed by atoms with Gasteiger partial charge >= 0.3 is 6.11 Å². The first-order valence-electron chi connectivity index (χ1n) is 12.8. The first-order chi connectivity index (χ1) is 16.4. The van der Waals surface area contributed by atoms with Crippen molar-refractivity contribution in [1.29, 1.82) is 0 Å². The molecule has 1 aliphatic heterocycles. The minimum Gasteiger partial charge on any atom is -0.491 e. The van der Waals surface area contributed by atoms with Gasteiger partial charge in [-0.2, -0.15) is 8.78 Å². The van der Waals surface area contributed by atoms with Crippen molar-refractivity contribution in [2.24, 2.45) is 0 Å². The summed E-state index contributed by atoms with van der Waals surface area (Å²) >= 11 is 0. The zero-order valence-corrected chi connectivity index (χ0v) is 20.5. The Balaban J connectivity index is 1.59. The van der Waals surface area contributed by atoms with Crippen molar-refractivity contribution in [2.75, 3.05) is 6.61 Å². The molecule has 0 fully saturated rings. The molecule has 5 heteroatoms. The number of unbranched alkanes of at least 4 members (excludes halogenated alkanes) is 6. The summed E-state index contributed by atoms with van der Waals surface area (Å²) in [6, 6.07) is 11.3. The van der Waals surface area contributed by atoms with Gasteiger partial charge in [0, 0.05) is 6.42 Å². The molecule has 2 aromatic carbocycles. The summed E-state index contributed by atoms with van der Waals surface area (Å²) in [5, 5.41) is 0. The fraction of sp³-hybridized carbons (Fsp3) is 0.517. The number of alkyl halides is 2. The van der Waals surface area contributed by atoms with E-state index < -0.39 is 17.5 Å². The summed E-state index contributed by atoms with van der Waals surface area (Å²) < 4.78 is 54.6. The van der Waals surface area contributed by atoms with E-state index in [0.29, 0.717) is 19.4 Å². The largest absolute Gasteiger partial charge is 0.491 e. The molecule has 0 radical (unpaired) electrons. The highest BCUT2D eigenvalue weighted by Gasteiger charge is 2.43. The Morgan fingerprint density at radius 3 is 2.12 bits per heavy atom. The molecule has 0 amide bonds. The Morgan fingerprint density at radius 2 is 1.41 bits per heavy atom. The monoisotopic (exact) mass is 474 g/mol. The van der Waals surface area contributed by atoms with E-state index in [-0.39, 0.29) is 17.1 Å². The number of allylic oxidation sites excluding steroid dienone is 1. The van der Waals surface area contributed by atoms with Crippen LogP contribution in [-0.4, -0.2) is 6.61 Å². The normalized spacial score (nSPS) is 14.3. The molecule has 0 atom stereocenters. The zero-order valence-electron chi connectivity index (χ0n) is 20.5. The van der Waals surface area contributed by atoms with E-state index in [1.165, 1.54) is 55.9 Å². The summed E-state index contributed by atoms with van der Waals surface area (Å²) in [5.41, 5.74) is 1.77. The van der Waals surface area contributed by atoms with Crippen molar-refractivity contribution in [1.82, 2.24) is 0 Å². The van der Waals surface area contributed by atoms with Crippen LogP contribution in [0.15, 0.2) is 42.2 Å². The molecular formula is C29H37F3O2. The van der Waals surface area contributed by atoms with Crippen LogP contribution in [0.3, 0.4) is 0 Å². The molecule has 0 aromatic heterocycles. The standard InChI is InChI=1S/C29H37F3O2/c1-3-5-7-8-9-11-22-12-14-23(15-13-22)16-18-25-21-24-17-19-26(33-20-10-6-4-2)28(30)27(24)29(31,32)34-25/h12-15,17,19,21H,3-11,16,18,20H2,1-2H3. The van der Waals surface area contributed by atoms with Crippen LogP contribution in [0.1, 0.15) is 93.9 Å². The van der Waals surface area contributed by atoms with Gasteiger partial charge in [-0.1, -0.05) is 82.7 Å². The Hall–Kier alpha value is -2.43. The SMILES string of the molecule is CCCCCCCc1ccc(CCC2=Cc3ccc(OCCCCC)c(F)c3C(F)(F)O2)cc1. The maximum atomic E-state index is 14.8. The van der Waals surface area contributed by atoms with Gasteiger partial charge in [-0.05, 0) is 54.5 Å². The van der Waals surface area contributed by atoms with Gasteiger partial charge < -0.3 is 9.47 Å². The quantitative estimate of drug-likeness (QED) is 0.254. The van der Waals surface area contributed by atoms with Crippen LogP contribution in [0.25, 0.3) is 6.08 Å². The minimum absolute atomic E-state index is 0.142. The molecule has 2 aromatic rings. The van der Waals surface area contributed by atoms with Gasteiger partial charge in [0.1, 0.15) is 11.3 Å². The highest BCUT2D eigenvalue weighted by molar-refractivity contribution is 5.61. The van der Waals surface area contributed by atoms with Gasteiger partial charge in [-0.25, -0.2) is 4.39 Å². The third-order valence-corrected chi connectivity index (χ3v) is 6.26. The maximum Gasteiger partial charge on any atom is 0.430 e. The average molecular weight is 475 g/mol. The second-order valence-electron chi connectivity index (χ2n) is 9.11. The molecule has 34 heavy (non-hydrogen) atoms. The van der Waals surface area contributed by atoms with E-state index in [2.05, 4.69) is 31.2 Å². The van der Waals surface area contributed by atoms with Gasteiger partial charge in [0.15, 0.2) is 11.6 Å². The van der Waals surface area contributed by atoms with Gasteiger partial charge in [0.2, 0.25) is 0 Å². The number of benzene rings is 2. The summed E-state index contributed by atoms with van der Waals surface area (Å²) in [6.07, 6.45) is 8.72. The van der Waals surface area contributed by atoms with E-state index in [1.807, 2.05) is 6.92 Å². The fourth-order valence-corrected chi connectivity index (χ4v) is 4.25. The molecule has 0 aliphatic carbocycles. The Bertz CT molecular complexity index is 935. The van der Waals surface area contributed by atoms with Gasteiger partial charge in [-0.15, -0.1) is 0 Å². The Labute approximate surface area is 202 Å². The van der Waals surface area contributed by atoms with Crippen molar-refractivity contribution in [3.63, 3.8) is 0 Å². The van der Waals surface area contributed by atoms with Crippen LogP contribution >= 0.6 is 0 Å². The van der Waals surface area contributed by atoms with Crippen molar-refractivity contribution >= 4 is 6.08 Å². The number of hydrogen-bond acceptors (Lipinski definition) is 2. The lowest BCUT2D eigenvalue weighted by atomic mass is 9.99. The average Bonchev–Trinajstić information content (AvgIpc) is 2.81. The molecule has 0 N–H and O–H groups in total. The Kier molecular flexibility index (Phi) is 9.91. The molecule has 3 rings (SSSR count). The summed E-state index contributed by atoms with van der Waals surface area (Å²) in [4.78, 5) is 0. The topological polar surface area (TPSA) is 18.5 Å². The highest BCUT2D eigenvalue weighted by Crippen LogP contribution is 2.43. The fourth-order valence-electron chi connectivity index (χ4n) is 4.25. The van der Waals surface area contributed by atoms with Crippen LogP contribution in [0.4, 0.5) is 13.2 Å². The third-order valence-electron chi connectivity index (χ3n) is 6.26. The van der Waals surface area contributed by atoms with Crippen LogP contribution in [0, 0.1) is 5.82 Å². The lowest BCUT2D eigenvalue weighted by Gasteiger charge is -2.27. The summed E-state index contributed by atoms with van der Waals surface area (Å²) in [7, 11) is 0. The van der Waals surface area contributed by atoms with Crippen molar-refractivity contribution in [2.45, 2.75) is 90.6 Å². The predicted molar refractivity (Wildman–Crippen MR) is 132 cm³/mol. The van der Waals surface area contributed by atoms with E-state index in [1.54, 1.807) is 0 Å². The number of hydrogen-bond donors (Lipinski definition) is 0. The lowest BCUT2D eigenvalue weighted by molar-refractivity contribution is -0.228. The van der Waals surface area contributed by atoms with Crippen LogP contribution in [0.2, 0.25) is 0 Å². The first-order valence-corrected chi connectivity index (χ1v) is 12.8. The van der Waals surface area contributed by atoms with Crippen molar-refractivity contribution in [3.8, 4) is 5.75 Å². The van der Waals surface area contributed by atoms with Gasteiger partial charge in [0.05, 0.1) is 6.61 Å². The van der Waals surface area contributed by atoms with Crippen LogP contribution < -0.4 is 4.74 Å². The second-order valence-corrected chi connectivity index (χ2v) is 9.11. The number of aryl methyl sites for hydroxylation is 2. The van der Waals surface area contributed by atoms with Crippen molar-refractivity contribution < 1.29 is 22.6 Å². The molecular weight excluding hydrogens is 437 g/mol. The molecule has 0 bridgehead atoms. The lowest BCUT2D eigenvalue weighted by Crippen LogP contribution is -2.25. The summed E-state index contributed by atoms with van der Waals surface area (Å²) in [5.74, 6) is -1.03. The molecule has 1 aliphatic rings. The second kappa shape index (κ2) is 12.9. The minimum atomic E-state index is -3.73. The van der Waals surface area contributed by atoms with Crippen LogP contribution in [0.5, 0.6) is 5.75 Å². The maximum absolute atomic E-state index is 14.8. The summed E-state index contributed by atoms with van der Waals surface area (Å²) in [6.45, 7) is 4.56. The van der Waals surface area contributed by atoms with E-state index >= 15 is 0 Å². The van der Waals surface area contributed by atoms with E-state index in [4.69, 9.17) is 9.47 Å². The molecule has 0 saturated carbocycles. The van der Waals surface area contributed by atoms with E-state index in [0.717, 1.165) is 31.2 Å². The zero-order chi connectivity index (χ0) is 24.4. The predicted octanol–water partition coefficient (Wildman–Crippen LogP) is 8.96. The third kappa shape index (κ3) is 7.28. The Morgan fingerprint density at radius 1 is 0.765 bits per heavy atom. The highest BCUT2D eigenvalue weighted by atomic mass is 19.3. The molecule has 0 spiro atoms. The molecule has 186 valence electrons. The molecule has 0 unspecified atom stereocenters. The van der Waals surface area contributed by atoms with Gasteiger partial charge in [-0.3, -0.25) is 0 Å². The number of rotatable bonds is 14. The first kappa shape index (κ1) is 26.2. The van der Waals surface area contributed by atoms with Crippen molar-refractivity contribution in [3.05, 3.63) is 70.2 Å². The molecule has 1 heterocycles. The van der Waals surface area contributed by atoms with Crippen LogP contribution in [-0.2, 0) is 23.7 Å². The van der Waals surface area contributed by atoms with Gasteiger partial charge in [0.25, 0.3) is 0 Å². The molecule has 2 nitrogen and oxygen atoms in total. The smallest absolute Gasteiger partial charge is 0.430 e. The molecule has 0 saturated heterocycles. The number of ether oxygens (including phenoxy) is 2. The van der Waals surface area contributed by atoms with E-state index in [9.17, 15) is 13.2 Å². The number of halogens is 3. The number of fused-ring (bicyclic) bond motifs is 1.